The van der Waals surface area contributed by atoms with Gasteiger partial charge < -0.3 is 65.9 Å². The van der Waals surface area contributed by atoms with Gasteiger partial charge in [0.05, 0.1) is 17.5 Å². The molecule has 0 aliphatic carbocycles. The molecule has 0 aliphatic heterocycles. The zero-order valence-corrected chi connectivity index (χ0v) is 59.6. The van der Waals surface area contributed by atoms with Crippen LogP contribution in [0.15, 0.2) is 77.7 Å². The standard InChI is InChI=1S/C71H117N13O10S/c1-44(2)35-60(81-65(86)56(75)39-51-27-17-14-18-28-51)69(90)80-59(31-21-24-34-74)68(89)82-62(37-46(5)6)71(92)83-61(36-45(3)4)70(91)79-58(30-20-23-33-73)67(88)78-57(29-19-22-32-72)66(87)77-53(38-50-25-15-13-16-26-50)42-84(43-63(76)85)95(93,94)64-54(48(9)10)40-52(47(7)8)41-55(64)49(11)12/h13-18,25-28,40-41,44-49,53,56-62H,19-24,29-39,42-43,72-75H2,1-12H3,(H2,76,85)(H,77,87)(H,78,88)(H,79,91)(H,80,90)(H,81,86)(H,82,89)(H,83,92)/t53-,56-,57-,58-,59-,60-,61-,62-/m0/s1. The van der Waals surface area contributed by atoms with Crippen LogP contribution in [0.2, 0.25) is 0 Å². The average Bonchev–Trinajstić information content (AvgIpc) is 0.758. The lowest BCUT2D eigenvalue weighted by molar-refractivity contribution is -0.136. The molecule has 532 valence electrons. The number of carbonyl (C=O) groups is 8. The summed E-state index contributed by atoms with van der Waals surface area (Å²) < 4.78 is 31.7. The second-order valence-electron chi connectivity index (χ2n) is 27.6. The summed E-state index contributed by atoms with van der Waals surface area (Å²) in [6, 6.07) is 13.1. The maximum absolute atomic E-state index is 15.3. The fraction of sp³-hybridized carbons (Fsp3) is 0.634. The fourth-order valence-corrected chi connectivity index (χ4v) is 13.5. The number of nitrogens with zero attached hydrogens (tertiary/aromatic N) is 1. The predicted molar refractivity (Wildman–Crippen MR) is 376 cm³/mol. The van der Waals surface area contributed by atoms with Gasteiger partial charge in [-0.3, -0.25) is 38.4 Å². The Morgan fingerprint density at radius 2 is 0.758 bits per heavy atom. The Hall–Kier alpha value is -6.83. The molecule has 0 unspecified atom stereocenters. The van der Waals surface area contributed by atoms with E-state index in [2.05, 4.69) is 37.2 Å². The van der Waals surface area contributed by atoms with Gasteiger partial charge in [0, 0.05) is 12.6 Å². The number of nitrogens with two attached hydrogens (primary N) is 5. The number of hydrogen-bond donors (Lipinski definition) is 12. The molecule has 0 fully saturated rings. The van der Waals surface area contributed by atoms with Gasteiger partial charge in [-0.05, 0) is 173 Å². The number of carbonyl (C=O) groups excluding carboxylic acids is 8. The highest BCUT2D eigenvalue weighted by atomic mass is 32.2. The molecule has 0 heterocycles. The maximum Gasteiger partial charge on any atom is 0.244 e. The number of nitrogens with one attached hydrogen (secondary N) is 7. The summed E-state index contributed by atoms with van der Waals surface area (Å²) in [7, 11) is -4.50. The number of amides is 8. The first kappa shape index (κ1) is 82.4. The largest absolute Gasteiger partial charge is 0.369 e. The van der Waals surface area contributed by atoms with E-state index in [1.54, 1.807) is 0 Å². The van der Waals surface area contributed by atoms with Gasteiger partial charge in [-0.15, -0.1) is 0 Å². The second-order valence-corrected chi connectivity index (χ2v) is 29.4. The molecule has 95 heavy (non-hydrogen) atoms. The smallest absolute Gasteiger partial charge is 0.244 e. The highest BCUT2D eigenvalue weighted by Gasteiger charge is 2.38. The Kier molecular flexibility index (Phi) is 36.4. The van der Waals surface area contributed by atoms with Crippen molar-refractivity contribution in [1.29, 1.82) is 0 Å². The van der Waals surface area contributed by atoms with E-state index in [1.807, 2.05) is 156 Å². The van der Waals surface area contributed by atoms with Crippen molar-refractivity contribution in [3.05, 3.63) is 101 Å². The molecule has 17 N–H and O–H groups in total. The van der Waals surface area contributed by atoms with Crippen molar-refractivity contribution in [3.8, 4) is 0 Å². The SMILES string of the molecule is CC(C)C[C@H](NC(=O)[C@H](CC(C)C)NC(=O)[C@H](CCCCN)NC(=O)[C@H](CC(C)C)NC(=O)[C@@H](N)Cc1ccccc1)C(=O)N[C@@H](CCCCN)C(=O)N[C@@H](CCCCN)C(=O)N[C@@H](Cc1ccccc1)CN(CC(N)=O)S(=O)(=O)c1c(C(C)C)cc(C(C)C)cc1C(C)C. The third-order valence-corrected chi connectivity index (χ3v) is 18.4. The van der Waals surface area contributed by atoms with Crippen molar-refractivity contribution < 1.29 is 46.8 Å². The van der Waals surface area contributed by atoms with Crippen LogP contribution in [0.5, 0.6) is 0 Å². The van der Waals surface area contributed by atoms with Crippen LogP contribution in [0.1, 0.15) is 206 Å². The molecule has 0 bridgehead atoms. The van der Waals surface area contributed by atoms with Crippen molar-refractivity contribution in [2.75, 3.05) is 32.7 Å². The van der Waals surface area contributed by atoms with Crippen molar-refractivity contribution in [1.82, 2.24) is 41.5 Å². The Morgan fingerprint density at radius 1 is 0.432 bits per heavy atom. The van der Waals surface area contributed by atoms with Crippen LogP contribution in [0.3, 0.4) is 0 Å². The lowest BCUT2D eigenvalue weighted by Crippen LogP contribution is -2.60. The van der Waals surface area contributed by atoms with Gasteiger partial charge in [-0.1, -0.05) is 156 Å². The van der Waals surface area contributed by atoms with Crippen molar-refractivity contribution in [3.63, 3.8) is 0 Å². The molecule has 0 radical (unpaired) electrons. The lowest BCUT2D eigenvalue weighted by Gasteiger charge is -2.31. The van der Waals surface area contributed by atoms with Gasteiger partial charge in [0.15, 0.2) is 0 Å². The normalized spacial score (nSPS) is 14.4. The molecule has 0 saturated carbocycles. The average molecular weight is 1340 g/mol. The summed E-state index contributed by atoms with van der Waals surface area (Å²) >= 11 is 0. The quantitative estimate of drug-likeness (QED) is 0.0321. The van der Waals surface area contributed by atoms with Gasteiger partial charge in [-0.2, -0.15) is 4.31 Å². The molecule has 3 aromatic rings. The third kappa shape index (κ3) is 28.8. The number of hydrogen-bond acceptors (Lipinski definition) is 14. The predicted octanol–water partition coefficient (Wildman–Crippen LogP) is 5.26. The fourth-order valence-electron chi connectivity index (χ4n) is 11.3. The highest BCUT2D eigenvalue weighted by molar-refractivity contribution is 7.89. The molecular formula is C71H117N13O10S. The number of unbranched alkanes of at least 4 members (excludes halogenated alkanes) is 3. The monoisotopic (exact) mass is 1340 g/mol. The van der Waals surface area contributed by atoms with Crippen LogP contribution in [-0.4, -0.2) is 141 Å². The first-order valence-electron chi connectivity index (χ1n) is 34.4. The number of benzene rings is 3. The summed E-state index contributed by atoms with van der Waals surface area (Å²) in [5.41, 5.74) is 33.6. The molecule has 0 saturated heterocycles. The third-order valence-electron chi connectivity index (χ3n) is 16.5. The minimum absolute atomic E-state index is 0.0433. The van der Waals surface area contributed by atoms with E-state index in [0.29, 0.717) is 56.2 Å². The molecule has 3 aromatic carbocycles. The van der Waals surface area contributed by atoms with E-state index >= 15 is 8.42 Å². The minimum Gasteiger partial charge on any atom is -0.369 e. The van der Waals surface area contributed by atoms with Crippen molar-refractivity contribution in [2.45, 2.75) is 244 Å². The molecule has 24 heteroatoms. The van der Waals surface area contributed by atoms with Crippen LogP contribution in [-0.2, 0) is 61.2 Å². The summed E-state index contributed by atoms with van der Waals surface area (Å²) in [6.45, 7) is 22.8. The zero-order valence-electron chi connectivity index (χ0n) is 58.8. The van der Waals surface area contributed by atoms with E-state index in [4.69, 9.17) is 28.7 Å². The van der Waals surface area contributed by atoms with Crippen LogP contribution in [0, 0.1) is 17.8 Å². The van der Waals surface area contributed by atoms with Gasteiger partial charge in [-0.25, -0.2) is 8.42 Å². The van der Waals surface area contributed by atoms with Gasteiger partial charge in [0.1, 0.15) is 36.3 Å². The van der Waals surface area contributed by atoms with E-state index in [1.165, 1.54) is 0 Å². The molecule has 0 aliphatic rings. The lowest BCUT2D eigenvalue weighted by atomic mass is 9.89. The zero-order chi connectivity index (χ0) is 71.1. The van der Waals surface area contributed by atoms with Crippen molar-refractivity contribution >= 4 is 57.3 Å². The van der Waals surface area contributed by atoms with Crippen LogP contribution in [0.4, 0.5) is 0 Å². The van der Waals surface area contributed by atoms with E-state index < -0.39 is 112 Å². The summed E-state index contributed by atoms with van der Waals surface area (Å²) in [5.74, 6) is -6.19. The van der Waals surface area contributed by atoms with Crippen LogP contribution < -0.4 is 65.9 Å². The van der Waals surface area contributed by atoms with E-state index in [0.717, 1.165) is 21.0 Å². The first-order valence-corrected chi connectivity index (χ1v) is 35.8. The Labute approximate surface area is 566 Å². The van der Waals surface area contributed by atoms with E-state index in [-0.39, 0.29) is 111 Å². The maximum atomic E-state index is 15.3. The van der Waals surface area contributed by atoms with Crippen molar-refractivity contribution in [2.24, 2.45) is 46.4 Å². The van der Waals surface area contributed by atoms with Crippen LogP contribution in [0.25, 0.3) is 0 Å². The summed E-state index contributed by atoms with van der Waals surface area (Å²) in [4.78, 5) is 114. The molecule has 3 rings (SSSR count). The van der Waals surface area contributed by atoms with Gasteiger partial charge in [0.25, 0.3) is 0 Å². The van der Waals surface area contributed by atoms with Crippen LogP contribution >= 0.6 is 0 Å². The highest BCUT2D eigenvalue weighted by Crippen LogP contribution is 2.37. The number of rotatable bonds is 45. The Morgan fingerprint density at radius 3 is 1.08 bits per heavy atom. The Bertz CT molecular complexity index is 2970. The van der Waals surface area contributed by atoms with E-state index in [9.17, 15) is 38.4 Å². The van der Waals surface area contributed by atoms with Gasteiger partial charge >= 0.3 is 0 Å². The number of primary amides is 1. The molecule has 0 spiro atoms. The number of sulfonamides is 1. The molecule has 23 nitrogen and oxygen atoms in total. The summed E-state index contributed by atoms with van der Waals surface area (Å²) in [6.07, 6.45) is 3.92. The second kappa shape index (κ2) is 42.0. The molecular weight excluding hydrogens is 1230 g/mol. The Balaban J connectivity index is 2.01. The first-order chi connectivity index (χ1) is 44.8. The molecule has 8 amide bonds. The summed E-state index contributed by atoms with van der Waals surface area (Å²) in [5, 5.41) is 20.2. The molecule has 0 aromatic heterocycles. The topological polar surface area (TPSA) is 388 Å². The molecule has 8 atom stereocenters. The van der Waals surface area contributed by atoms with Gasteiger partial charge in [0.2, 0.25) is 57.3 Å². The minimum atomic E-state index is -4.50.